The maximum atomic E-state index is 10.8. The van der Waals surface area contributed by atoms with Crippen LogP contribution < -0.4 is 20.5 Å². The van der Waals surface area contributed by atoms with Crippen LogP contribution in [0.25, 0.3) is 10.9 Å². The third-order valence-corrected chi connectivity index (χ3v) is 4.50. The minimum atomic E-state index is -1.17. The summed E-state index contributed by atoms with van der Waals surface area (Å²) >= 11 is 6.01. The molecule has 3 rings (SSSR count). The summed E-state index contributed by atoms with van der Waals surface area (Å²) in [6.07, 6.45) is 0. The van der Waals surface area contributed by atoms with E-state index >= 15 is 0 Å². The van der Waals surface area contributed by atoms with Crippen molar-refractivity contribution in [2.24, 2.45) is 0 Å². The Morgan fingerprint density at radius 1 is 1.15 bits per heavy atom. The van der Waals surface area contributed by atoms with Gasteiger partial charge in [0.1, 0.15) is 11.4 Å². The molecule has 0 aliphatic carbocycles. The number of ether oxygens (including phenoxy) is 2. The van der Waals surface area contributed by atoms with E-state index in [-0.39, 0.29) is 6.54 Å². The predicted molar refractivity (Wildman–Crippen MR) is 107 cm³/mol. The summed E-state index contributed by atoms with van der Waals surface area (Å²) in [4.78, 5) is 8.73. The highest BCUT2D eigenvalue weighted by molar-refractivity contribution is 6.30. The Hall–Kier alpha value is -2.77. The highest BCUT2D eigenvalue weighted by atomic mass is 35.5. The van der Waals surface area contributed by atoms with Gasteiger partial charge in [-0.1, -0.05) is 23.7 Å². The Morgan fingerprint density at radius 2 is 1.85 bits per heavy atom. The number of nitrogen functional groups attached to an aromatic ring is 1. The van der Waals surface area contributed by atoms with Crippen LogP contribution in [-0.4, -0.2) is 35.8 Å². The van der Waals surface area contributed by atoms with Crippen LogP contribution in [-0.2, 0) is 5.60 Å². The van der Waals surface area contributed by atoms with Crippen molar-refractivity contribution in [3.8, 4) is 11.5 Å². The number of hydrogen-bond donors (Lipinski definition) is 3. The fourth-order valence-electron chi connectivity index (χ4n) is 2.74. The molecular weight excluding hydrogens is 368 g/mol. The van der Waals surface area contributed by atoms with Crippen molar-refractivity contribution in [1.29, 1.82) is 0 Å². The first-order valence-corrected chi connectivity index (χ1v) is 8.63. The number of rotatable bonds is 6. The molecule has 2 aromatic carbocycles. The van der Waals surface area contributed by atoms with Crippen LogP contribution in [0.3, 0.4) is 0 Å². The number of methoxy groups -OCH3 is 2. The summed E-state index contributed by atoms with van der Waals surface area (Å²) in [5.41, 5.74) is 6.19. The summed E-state index contributed by atoms with van der Waals surface area (Å²) < 4.78 is 10.6. The molecule has 1 heterocycles. The average molecular weight is 389 g/mol. The van der Waals surface area contributed by atoms with Gasteiger partial charge < -0.3 is 25.6 Å². The van der Waals surface area contributed by atoms with Crippen molar-refractivity contribution >= 4 is 34.3 Å². The summed E-state index contributed by atoms with van der Waals surface area (Å²) in [5, 5.41) is 15.0. The van der Waals surface area contributed by atoms with E-state index in [9.17, 15) is 5.11 Å². The van der Waals surface area contributed by atoms with Gasteiger partial charge in [-0.15, -0.1) is 0 Å². The number of nitrogens with two attached hydrogens (primary N) is 1. The number of nitrogens with zero attached hydrogens (tertiary/aromatic N) is 2. The number of hydrogen-bond acceptors (Lipinski definition) is 7. The average Bonchev–Trinajstić information content (AvgIpc) is 2.65. The molecule has 0 amide bonds. The van der Waals surface area contributed by atoms with Crippen LogP contribution in [0.2, 0.25) is 5.02 Å². The van der Waals surface area contributed by atoms with Gasteiger partial charge in [-0.25, -0.2) is 4.98 Å². The maximum Gasteiger partial charge on any atom is 0.225 e. The van der Waals surface area contributed by atoms with Gasteiger partial charge in [0.25, 0.3) is 0 Å². The van der Waals surface area contributed by atoms with Gasteiger partial charge in [0, 0.05) is 16.5 Å². The molecule has 1 unspecified atom stereocenters. The number of fused-ring (bicyclic) bond motifs is 1. The van der Waals surface area contributed by atoms with Crippen LogP contribution in [0.5, 0.6) is 11.5 Å². The highest BCUT2D eigenvalue weighted by Gasteiger charge is 2.24. The molecule has 8 heteroatoms. The SMILES string of the molecule is COc1cc2nc(NCC(C)(O)c3cccc(Cl)c3)nc(N)c2cc1OC. The zero-order valence-corrected chi connectivity index (χ0v) is 16.0. The van der Waals surface area contributed by atoms with Gasteiger partial charge >= 0.3 is 0 Å². The van der Waals surface area contributed by atoms with E-state index in [2.05, 4.69) is 15.3 Å². The smallest absolute Gasteiger partial charge is 0.225 e. The molecular formula is C19H21ClN4O3. The monoisotopic (exact) mass is 388 g/mol. The van der Waals surface area contributed by atoms with E-state index in [0.29, 0.717) is 44.8 Å². The minimum Gasteiger partial charge on any atom is -0.493 e. The number of benzene rings is 2. The lowest BCUT2D eigenvalue weighted by Gasteiger charge is -2.24. The summed E-state index contributed by atoms with van der Waals surface area (Å²) in [6.45, 7) is 1.86. The Kier molecular flexibility index (Phi) is 5.25. The molecule has 3 aromatic rings. The lowest BCUT2D eigenvalue weighted by Crippen LogP contribution is -2.31. The number of nitrogens with one attached hydrogen (secondary N) is 1. The minimum absolute atomic E-state index is 0.172. The molecule has 1 aromatic heterocycles. The quantitative estimate of drug-likeness (QED) is 0.595. The van der Waals surface area contributed by atoms with Crippen LogP contribution in [0, 0.1) is 0 Å². The molecule has 0 aliphatic rings. The normalized spacial score (nSPS) is 13.2. The highest BCUT2D eigenvalue weighted by Crippen LogP contribution is 2.33. The Morgan fingerprint density at radius 3 is 2.52 bits per heavy atom. The van der Waals surface area contributed by atoms with Gasteiger partial charge in [0.15, 0.2) is 11.5 Å². The van der Waals surface area contributed by atoms with Crippen molar-refractivity contribution in [3.63, 3.8) is 0 Å². The molecule has 4 N–H and O–H groups in total. The third-order valence-electron chi connectivity index (χ3n) is 4.27. The van der Waals surface area contributed by atoms with Crippen molar-refractivity contribution in [1.82, 2.24) is 9.97 Å². The van der Waals surface area contributed by atoms with Crippen LogP contribution in [0.4, 0.5) is 11.8 Å². The fraction of sp³-hybridized carbons (Fsp3) is 0.263. The first kappa shape index (κ1) is 19.0. The molecule has 0 saturated carbocycles. The van der Waals surface area contributed by atoms with Crippen LogP contribution >= 0.6 is 11.6 Å². The number of aromatic nitrogens is 2. The largest absolute Gasteiger partial charge is 0.493 e. The van der Waals surface area contributed by atoms with Crippen molar-refractivity contribution in [3.05, 3.63) is 47.0 Å². The molecule has 0 bridgehead atoms. The third kappa shape index (κ3) is 3.99. The molecule has 0 spiro atoms. The van der Waals surface area contributed by atoms with Gasteiger partial charge in [0.05, 0.1) is 26.3 Å². The van der Waals surface area contributed by atoms with E-state index < -0.39 is 5.60 Å². The first-order chi connectivity index (χ1) is 12.8. The summed E-state index contributed by atoms with van der Waals surface area (Å²) in [7, 11) is 3.10. The van der Waals surface area contributed by atoms with E-state index in [1.54, 1.807) is 57.5 Å². The van der Waals surface area contributed by atoms with Crippen molar-refractivity contribution < 1.29 is 14.6 Å². The number of anilines is 2. The number of halogens is 1. The van der Waals surface area contributed by atoms with Gasteiger partial charge in [-0.05, 0) is 30.7 Å². The standard InChI is InChI=1S/C19H21ClN4O3/c1-19(25,11-5-4-6-12(20)7-11)10-22-18-23-14-9-16(27-3)15(26-2)8-13(14)17(21)24-18/h4-9,25H,10H2,1-3H3,(H3,21,22,23,24). The molecule has 0 fully saturated rings. The lowest BCUT2D eigenvalue weighted by atomic mass is 9.96. The topological polar surface area (TPSA) is 103 Å². The predicted octanol–water partition coefficient (Wildman–Crippen LogP) is 3.20. The van der Waals surface area contributed by atoms with Gasteiger partial charge in [0.2, 0.25) is 5.95 Å². The van der Waals surface area contributed by atoms with E-state index in [4.69, 9.17) is 26.8 Å². The second-order valence-electron chi connectivity index (χ2n) is 6.29. The molecule has 0 radical (unpaired) electrons. The second-order valence-corrected chi connectivity index (χ2v) is 6.73. The Labute approximate surface area is 162 Å². The van der Waals surface area contributed by atoms with Gasteiger partial charge in [-0.3, -0.25) is 0 Å². The first-order valence-electron chi connectivity index (χ1n) is 8.25. The Balaban J connectivity index is 1.89. The Bertz CT molecular complexity index is 979. The van der Waals surface area contributed by atoms with Gasteiger partial charge in [-0.2, -0.15) is 4.98 Å². The van der Waals surface area contributed by atoms with E-state index in [1.807, 2.05) is 0 Å². The zero-order chi connectivity index (χ0) is 19.6. The molecule has 0 aliphatic heterocycles. The van der Waals surface area contributed by atoms with E-state index in [0.717, 1.165) is 0 Å². The molecule has 1 atom stereocenters. The molecule has 27 heavy (non-hydrogen) atoms. The lowest BCUT2D eigenvalue weighted by molar-refractivity contribution is 0.0713. The maximum absolute atomic E-state index is 10.8. The van der Waals surface area contributed by atoms with Crippen molar-refractivity contribution in [2.45, 2.75) is 12.5 Å². The van der Waals surface area contributed by atoms with Crippen LogP contribution in [0.15, 0.2) is 36.4 Å². The summed E-state index contributed by atoms with van der Waals surface area (Å²) in [5.74, 6) is 1.69. The molecule has 7 nitrogen and oxygen atoms in total. The zero-order valence-electron chi connectivity index (χ0n) is 15.3. The van der Waals surface area contributed by atoms with Crippen LogP contribution in [0.1, 0.15) is 12.5 Å². The second kappa shape index (κ2) is 7.46. The molecule has 0 saturated heterocycles. The molecule has 142 valence electrons. The fourth-order valence-corrected chi connectivity index (χ4v) is 2.93. The summed E-state index contributed by atoms with van der Waals surface area (Å²) in [6, 6.07) is 10.5. The van der Waals surface area contributed by atoms with Crippen molar-refractivity contribution in [2.75, 3.05) is 31.8 Å². The number of aliphatic hydroxyl groups is 1. The van der Waals surface area contributed by atoms with E-state index in [1.165, 1.54) is 0 Å².